The van der Waals surface area contributed by atoms with Crippen LogP contribution in [-0.2, 0) is 14.4 Å². The summed E-state index contributed by atoms with van der Waals surface area (Å²) in [6.45, 7) is 3.33. The zero-order chi connectivity index (χ0) is 20.2. The summed E-state index contributed by atoms with van der Waals surface area (Å²) in [6, 6.07) is 9.97. The number of amides is 3. The van der Waals surface area contributed by atoms with Crippen LogP contribution in [-0.4, -0.2) is 77.8 Å². The lowest BCUT2D eigenvalue weighted by molar-refractivity contribution is -0.142. The van der Waals surface area contributed by atoms with Crippen LogP contribution in [0.5, 0.6) is 5.75 Å². The molecular weight excluding hydrogens is 370 g/mol. The van der Waals surface area contributed by atoms with Crippen LogP contribution in [0.15, 0.2) is 30.3 Å². The van der Waals surface area contributed by atoms with Crippen molar-refractivity contribution in [3.63, 3.8) is 0 Å². The van der Waals surface area contributed by atoms with Gasteiger partial charge in [0.05, 0.1) is 12.5 Å². The van der Waals surface area contributed by atoms with E-state index in [0.717, 1.165) is 18.6 Å². The number of carbonyl (C=O) groups excluding carboxylic acids is 3. The zero-order valence-corrected chi connectivity index (χ0v) is 16.8. The van der Waals surface area contributed by atoms with Crippen LogP contribution >= 0.6 is 0 Å². The molecule has 7 heteroatoms. The van der Waals surface area contributed by atoms with Crippen molar-refractivity contribution in [1.82, 2.24) is 14.7 Å². The normalized spacial score (nSPS) is 22.1. The number of hydrogen-bond acceptors (Lipinski definition) is 4. The van der Waals surface area contributed by atoms with Crippen molar-refractivity contribution in [1.29, 1.82) is 0 Å². The first-order valence-electron chi connectivity index (χ1n) is 10.7. The Bertz CT molecular complexity index is 742. The number of likely N-dealkylation sites (tertiary alicyclic amines) is 1. The SMILES string of the molecule is O=C(CCCOc1ccccc1)N1CCN(C(=O)C2CC(=O)N(C3CC3)C2)CC1. The summed E-state index contributed by atoms with van der Waals surface area (Å²) in [5.41, 5.74) is 0. The third-order valence-corrected chi connectivity index (χ3v) is 5.99. The second kappa shape index (κ2) is 8.84. The smallest absolute Gasteiger partial charge is 0.228 e. The van der Waals surface area contributed by atoms with Gasteiger partial charge in [-0.2, -0.15) is 0 Å². The molecule has 1 aliphatic carbocycles. The Morgan fingerprint density at radius 1 is 1.00 bits per heavy atom. The standard InChI is InChI=1S/C22H29N3O4/c26-20(7-4-14-29-19-5-2-1-3-6-19)23-10-12-24(13-11-23)22(28)17-15-21(27)25(16-17)18-8-9-18/h1-3,5-6,17-18H,4,7-16H2. The summed E-state index contributed by atoms with van der Waals surface area (Å²) in [5.74, 6) is 0.921. The maximum atomic E-state index is 12.8. The maximum Gasteiger partial charge on any atom is 0.228 e. The van der Waals surface area contributed by atoms with Gasteiger partial charge in [0.15, 0.2) is 0 Å². The van der Waals surface area contributed by atoms with Crippen LogP contribution in [0.2, 0.25) is 0 Å². The molecule has 4 rings (SSSR count). The molecular formula is C22H29N3O4. The summed E-state index contributed by atoms with van der Waals surface area (Å²) < 4.78 is 5.63. The van der Waals surface area contributed by atoms with E-state index in [9.17, 15) is 14.4 Å². The van der Waals surface area contributed by atoms with E-state index in [1.54, 1.807) is 0 Å². The van der Waals surface area contributed by atoms with Gasteiger partial charge >= 0.3 is 0 Å². The van der Waals surface area contributed by atoms with Crippen molar-refractivity contribution in [2.75, 3.05) is 39.3 Å². The average Bonchev–Trinajstić information content (AvgIpc) is 3.53. The number of hydrogen-bond donors (Lipinski definition) is 0. The minimum atomic E-state index is -0.208. The summed E-state index contributed by atoms with van der Waals surface area (Å²) in [5, 5.41) is 0. The third-order valence-electron chi connectivity index (χ3n) is 5.99. The second-order valence-corrected chi connectivity index (χ2v) is 8.15. The van der Waals surface area contributed by atoms with Gasteiger partial charge in [-0.25, -0.2) is 0 Å². The molecule has 1 unspecified atom stereocenters. The van der Waals surface area contributed by atoms with Gasteiger partial charge in [0, 0.05) is 51.6 Å². The minimum Gasteiger partial charge on any atom is -0.494 e. The topological polar surface area (TPSA) is 70.2 Å². The van der Waals surface area contributed by atoms with Crippen molar-refractivity contribution in [3.05, 3.63) is 30.3 Å². The Hall–Kier alpha value is -2.57. The Kier molecular flexibility index (Phi) is 6.02. The number of piperazine rings is 1. The predicted octanol–water partition coefficient (Wildman–Crippen LogP) is 1.53. The van der Waals surface area contributed by atoms with E-state index in [1.165, 1.54) is 0 Å². The van der Waals surface area contributed by atoms with E-state index in [4.69, 9.17) is 4.74 Å². The number of rotatable bonds is 7. The molecule has 2 aliphatic heterocycles. The molecule has 2 saturated heterocycles. The molecule has 0 bridgehead atoms. The van der Waals surface area contributed by atoms with Crippen molar-refractivity contribution < 1.29 is 19.1 Å². The Balaban J connectivity index is 1.15. The largest absolute Gasteiger partial charge is 0.494 e. The summed E-state index contributed by atoms with van der Waals surface area (Å²) >= 11 is 0. The zero-order valence-electron chi connectivity index (χ0n) is 16.8. The maximum absolute atomic E-state index is 12.8. The lowest BCUT2D eigenvalue weighted by Crippen LogP contribution is -2.52. The molecule has 0 spiro atoms. The molecule has 2 heterocycles. The number of nitrogens with zero attached hydrogens (tertiary/aromatic N) is 3. The summed E-state index contributed by atoms with van der Waals surface area (Å²) in [7, 11) is 0. The van der Waals surface area contributed by atoms with E-state index in [1.807, 2.05) is 45.0 Å². The van der Waals surface area contributed by atoms with Crippen molar-refractivity contribution >= 4 is 17.7 Å². The minimum absolute atomic E-state index is 0.0739. The Morgan fingerprint density at radius 3 is 2.38 bits per heavy atom. The highest BCUT2D eigenvalue weighted by Gasteiger charge is 2.43. The molecule has 3 fully saturated rings. The summed E-state index contributed by atoms with van der Waals surface area (Å²) in [6.07, 6.45) is 3.62. The third kappa shape index (κ3) is 4.89. The van der Waals surface area contributed by atoms with Crippen LogP contribution in [0.1, 0.15) is 32.1 Å². The van der Waals surface area contributed by atoms with Gasteiger partial charge < -0.3 is 19.4 Å². The van der Waals surface area contributed by atoms with Gasteiger partial charge in [0.1, 0.15) is 5.75 Å². The van der Waals surface area contributed by atoms with Gasteiger partial charge in [-0.1, -0.05) is 18.2 Å². The van der Waals surface area contributed by atoms with E-state index >= 15 is 0 Å². The Morgan fingerprint density at radius 2 is 1.69 bits per heavy atom. The second-order valence-electron chi connectivity index (χ2n) is 8.15. The lowest BCUT2D eigenvalue weighted by Gasteiger charge is -2.36. The molecule has 3 amide bonds. The van der Waals surface area contributed by atoms with Crippen LogP contribution in [0.25, 0.3) is 0 Å². The van der Waals surface area contributed by atoms with Gasteiger partial charge in [-0.05, 0) is 31.4 Å². The highest BCUT2D eigenvalue weighted by Crippen LogP contribution is 2.33. The molecule has 0 radical (unpaired) electrons. The first-order chi connectivity index (χ1) is 14.1. The highest BCUT2D eigenvalue weighted by atomic mass is 16.5. The molecule has 7 nitrogen and oxygen atoms in total. The van der Waals surface area contributed by atoms with Gasteiger partial charge in [-0.15, -0.1) is 0 Å². The van der Waals surface area contributed by atoms with E-state index in [-0.39, 0.29) is 23.6 Å². The molecule has 0 N–H and O–H groups in total. The van der Waals surface area contributed by atoms with Crippen molar-refractivity contribution in [2.45, 2.75) is 38.1 Å². The fourth-order valence-corrected chi connectivity index (χ4v) is 4.16. The number of carbonyl (C=O) groups is 3. The fourth-order valence-electron chi connectivity index (χ4n) is 4.16. The molecule has 29 heavy (non-hydrogen) atoms. The Labute approximate surface area is 171 Å². The van der Waals surface area contributed by atoms with E-state index in [2.05, 4.69) is 0 Å². The molecule has 1 aromatic carbocycles. The molecule has 1 saturated carbocycles. The van der Waals surface area contributed by atoms with Crippen LogP contribution < -0.4 is 4.74 Å². The van der Waals surface area contributed by atoms with Gasteiger partial charge in [0.25, 0.3) is 0 Å². The number of para-hydroxylation sites is 1. The number of ether oxygens (including phenoxy) is 1. The highest BCUT2D eigenvalue weighted by molar-refractivity contribution is 5.89. The fraction of sp³-hybridized carbons (Fsp3) is 0.591. The molecule has 156 valence electrons. The van der Waals surface area contributed by atoms with Gasteiger partial charge in [0.2, 0.25) is 17.7 Å². The van der Waals surface area contributed by atoms with Gasteiger partial charge in [-0.3, -0.25) is 14.4 Å². The van der Waals surface area contributed by atoms with Crippen LogP contribution in [0, 0.1) is 5.92 Å². The molecule has 0 aromatic heterocycles. The lowest BCUT2D eigenvalue weighted by atomic mass is 10.1. The first kappa shape index (κ1) is 19.7. The number of benzene rings is 1. The predicted molar refractivity (Wildman–Crippen MR) is 107 cm³/mol. The van der Waals surface area contributed by atoms with Crippen molar-refractivity contribution in [2.24, 2.45) is 5.92 Å². The first-order valence-corrected chi connectivity index (χ1v) is 10.7. The molecule has 1 aromatic rings. The van der Waals surface area contributed by atoms with E-state index in [0.29, 0.717) is 64.6 Å². The quantitative estimate of drug-likeness (QED) is 0.652. The summed E-state index contributed by atoms with van der Waals surface area (Å²) in [4.78, 5) is 42.9. The average molecular weight is 399 g/mol. The molecule has 1 atom stereocenters. The molecule has 3 aliphatic rings. The monoisotopic (exact) mass is 399 g/mol. The van der Waals surface area contributed by atoms with Crippen LogP contribution in [0.4, 0.5) is 0 Å². The van der Waals surface area contributed by atoms with Crippen molar-refractivity contribution in [3.8, 4) is 5.75 Å². The van der Waals surface area contributed by atoms with E-state index < -0.39 is 0 Å². The van der Waals surface area contributed by atoms with Crippen LogP contribution in [0.3, 0.4) is 0 Å².